The highest BCUT2D eigenvalue weighted by molar-refractivity contribution is 6.09. The molecule has 3 nitrogen and oxygen atoms in total. The third-order valence-corrected chi connectivity index (χ3v) is 7.45. The zero-order valence-corrected chi connectivity index (χ0v) is 21.6. The van der Waals surface area contributed by atoms with Gasteiger partial charge in [0.25, 0.3) is 5.56 Å². The average molecular weight is 467 g/mol. The van der Waals surface area contributed by atoms with Crippen LogP contribution in [0.5, 0.6) is 0 Å². The topological polar surface area (TPSA) is 34.4 Å². The Hall–Kier alpha value is -3.20. The maximum absolute atomic E-state index is 13.0. The van der Waals surface area contributed by atoms with E-state index in [4.69, 9.17) is 4.99 Å². The molecule has 182 valence electrons. The van der Waals surface area contributed by atoms with Gasteiger partial charge in [0.2, 0.25) is 0 Å². The van der Waals surface area contributed by atoms with E-state index in [1.54, 1.807) is 6.07 Å². The maximum Gasteiger partial charge on any atom is 0.251 e. The van der Waals surface area contributed by atoms with Crippen LogP contribution in [0.4, 0.5) is 5.69 Å². The molecule has 3 aromatic rings. The van der Waals surface area contributed by atoms with Crippen LogP contribution in [0, 0.1) is 5.92 Å². The Bertz CT molecular complexity index is 1330. The van der Waals surface area contributed by atoms with Crippen LogP contribution in [0.15, 0.2) is 76.5 Å². The fraction of sp³-hybridized carbons (Fsp3) is 0.375. The molecule has 1 fully saturated rings. The van der Waals surface area contributed by atoms with Crippen LogP contribution < -0.4 is 16.1 Å². The molecule has 0 spiro atoms. The molecule has 4 rings (SSSR count). The van der Waals surface area contributed by atoms with Crippen LogP contribution in [-0.2, 0) is 0 Å². The lowest BCUT2D eigenvalue weighted by molar-refractivity contribution is 0.499. The van der Waals surface area contributed by atoms with E-state index in [0.717, 1.165) is 33.4 Å². The molecule has 3 unspecified atom stereocenters. The van der Waals surface area contributed by atoms with E-state index < -0.39 is 0 Å². The number of rotatable bonds is 5. The van der Waals surface area contributed by atoms with Gasteiger partial charge in [-0.25, -0.2) is 0 Å². The predicted octanol–water partition coefficient (Wildman–Crippen LogP) is 6.51. The number of pyridine rings is 1. The number of hydrogen-bond donors (Lipinski definition) is 0. The lowest BCUT2D eigenvalue weighted by atomic mass is 9.91. The first-order valence-electron chi connectivity index (χ1n) is 13.1. The minimum Gasteiger partial charge on any atom is -0.301 e. The first-order valence-corrected chi connectivity index (χ1v) is 13.1. The smallest absolute Gasteiger partial charge is 0.251 e. The predicted molar refractivity (Wildman–Crippen MR) is 149 cm³/mol. The van der Waals surface area contributed by atoms with E-state index in [0.29, 0.717) is 5.92 Å². The van der Waals surface area contributed by atoms with Crippen molar-refractivity contribution in [2.75, 3.05) is 0 Å². The molecule has 0 N–H and O–H groups in total. The van der Waals surface area contributed by atoms with Gasteiger partial charge in [-0.15, -0.1) is 0 Å². The second-order valence-electron chi connectivity index (χ2n) is 10.1. The van der Waals surface area contributed by atoms with Crippen LogP contribution in [0.1, 0.15) is 82.9 Å². The van der Waals surface area contributed by atoms with Gasteiger partial charge in [0.05, 0.1) is 17.1 Å². The summed E-state index contributed by atoms with van der Waals surface area (Å²) in [5.41, 5.74) is 4.37. The minimum atomic E-state index is -0.0794. The van der Waals surface area contributed by atoms with E-state index in [9.17, 15) is 4.79 Å². The summed E-state index contributed by atoms with van der Waals surface area (Å²) in [6, 6.07) is 22.4. The maximum atomic E-state index is 13.0. The van der Waals surface area contributed by atoms with E-state index in [1.807, 2.05) is 48.8 Å². The molecule has 1 saturated carbocycles. The Morgan fingerprint density at radius 2 is 1.71 bits per heavy atom. The first kappa shape index (κ1) is 24.9. The zero-order valence-electron chi connectivity index (χ0n) is 21.6. The standard InChI is InChI=1S/C32H38N2O/c1-5-26-18-21-32(35)34(25(4)27-11-7-6-8-12-27)31(26)22-24(3)33-30-19-16-29(17-20-30)28-13-9-10-23(2)14-15-28/h5-8,11-12,16-23,25,28H,9-10,13-15H2,1-4H3/b26-5?,31-22+,33-24?. The fourth-order valence-electron chi connectivity index (χ4n) is 5.34. The van der Waals surface area contributed by atoms with E-state index >= 15 is 0 Å². The molecule has 0 radical (unpaired) electrons. The lowest BCUT2D eigenvalue weighted by Gasteiger charge is -2.17. The molecule has 0 bridgehead atoms. The van der Waals surface area contributed by atoms with E-state index in [1.165, 1.54) is 37.7 Å². The van der Waals surface area contributed by atoms with Crippen molar-refractivity contribution in [3.05, 3.63) is 98.8 Å². The number of hydrogen-bond acceptors (Lipinski definition) is 2. The Balaban J connectivity index is 1.67. The monoisotopic (exact) mass is 466 g/mol. The summed E-state index contributed by atoms with van der Waals surface area (Å²) in [6.07, 6.45) is 10.7. The van der Waals surface area contributed by atoms with Gasteiger partial charge in [0, 0.05) is 11.8 Å². The van der Waals surface area contributed by atoms with E-state index in [2.05, 4.69) is 56.3 Å². The van der Waals surface area contributed by atoms with Crippen LogP contribution in [-0.4, -0.2) is 10.3 Å². The van der Waals surface area contributed by atoms with Gasteiger partial charge in [-0.2, -0.15) is 0 Å². The lowest BCUT2D eigenvalue weighted by Crippen LogP contribution is -2.44. The molecule has 0 amide bonds. The molecule has 2 aromatic carbocycles. The quantitative estimate of drug-likeness (QED) is 0.311. The third-order valence-electron chi connectivity index (χ3n) is 7.45. The van der Waals surface area contributed by atoms with Gasteiger partial charge < -0.3 is 4.57 Å². The molecule has 3 atom stereocenters. The van der Waals surface area contributed by atoms with Crippen molar-refractivity contribution in [1.82, 2.24) is 4.57 Å². The molecule has 1 heterocycles. The fourth-order valence-corrected chi connectivity index (χ4v) is 5.34. The highest BCUT2D eigenvalue weighted by atomic mass is 16.1. The normalized spacial score (nSPS) is 21.1. The highest BCUT2D eigenvalue weighted by Gasteiger charge is 2.17. The summed E-state index contributed by atoms with van der Waals surface area (Å²) in [4.78, 5) is 17.9. The molecule has 0 aliphatic heterocycles. The number of benzene rings is 2. The molecular weight excluding hydrogens is 428 g/mol. The van der Waals surface area contributed by atoms with Crippen molar-refractivity contribution in [1.29, 1.82) is 0 Å². The van der Waals surface area contributed by atoms with E-state index in [-0.39, 0.29) is 11.6 Å². The summed E-state index contributed by atoms with van der Waals surface area (Å²) in [7, 11) is 0. The van der Waals surface area contributed by atoms with Crippen molar-refractivity contribution in [3.8, 4) is 0 Å². The summed E-state index contributed by atoms with van der Waals surface area (Å²) < 4.78 is 1.87. The SMILES string of the molecule is CC=c1ccc(=O)n(C(C)c2ccccc2)/c1=C/C(C)=Nc1ccc(C2CCCC(C)CC2)cc1. The van der Waals surface area contributed by atoms with Crippen molar-refractivity contribution in [2.24, 2.45) is 10.9 Å². The molecule has 35 heavy (non-hydrogen) atoms. The molecule has 1 aliphatic rings. The zero-order chi connectivity index (χ0) is 24.8. The van der Waals surface area contributed by atoms with Gasteiger partial charge in [0.15, 0.2) is 0 Å². The summed E-state index contributed by atoms with van der Waals surface area (Å²) in [6.45, 7) is 8.48. The molecular formula is C32H38N2O. The number of aliphatic imine (C=N–C) groups is 1. The van der Waals surface area contributed by atoms with Gasteiger partial charge in [-0.05, 0) is 86.1 Å². The Morgan fingerprint density at radius 3 is 2.43 bits per heavy atom. The average Bonchev–Trinajstić information content (AvgIpc) is 3.09. The first-order chi connectivity index (χ1) is 17.0. The second kappa shape index (κ2) is 11.5. The Kier molecular flexibility index (Phi) is 8.17. The summed E-state index contributed by atoms with van der Waals surface area (Å²) >= 11 is 0. The van der Waals surface area contributed by atoms with Crippen molar-refractivity contribution in [3.63, 3.8) is 0 Å². The van der Waals surface area contributed by atoms with Crippen LogP contribution in [0.3, 0.4) is 0 Å². The largest absolute Gasteiger partial charge is 0.301 e. The minimum absolute atomic E-state index is 0.00641. The van der Waals surface area contributed by atoms with Gasteiger partial charge >= 0.3 is 0 Å². The number of aromatic nitrogens is 1. The molecule has 1 aromatic heterocycles. The highest BCUT2D eigenvalue weighted by Crippen LogP contribution is 2.34. The van der Waals surface area contributed by atoms with Crippen LogP contribution >= 0.6 is 0 Å². The van der Waals surface area contributed by atoms with Gasteiger partial charge in [0.1, 0.15) is 0 Å². The van der Waals surface area contributed by atoms with Crippen molar-refractivity contribution >= 4 is 23.6 Å². The Morgan fingerprint density at radius 1 is 0.971 bits per heavy atom. The third kappa shape index (κ3) is 6.08. The van der Waals surface area contributed by atoms with Crippen molar-refractivity contribution in [2.45, 2.75) is 71.8 Å². The number of nitrogens with zero attached hydrogens (tertiary/aromatic N) is 2. The molecule has 1 aliphatic carbocycles. The summed E-state index contributed by atoms with van der Waals surface area (Å²) in [5.74, 6) is 1.53. The summed E-state index contributed by atoms with van der Waals surface area (Å²) in [5, 5.41) is 1.92. The Labute approximate surface area is 209 Å². The van der Waals surface area contributed by atoms with Crippen LogP contribution in [0.2, 0.25) is 0 Å². The van der Waals surface area contributed by atoms with Crippen LogP contribution in [0.25, 0.3) is 12.2 Å². The van der Waals surface area contributed by atoms with Crippen molar-refractivity contribution < 1.29 is 0 Å². The molecule has 0 saturated heterocycles. The molecule has 3 heteroatoms. The second-order valence-corrected chi connectivity index (χ2v) is 10.1. The van der Waals surface area contributed by atoms with Gasteiger partial charge in [-0.3, -0.25) is 9.79 Å². The van der Waals surface area contributed by atoms with Gasteiger partial charge in [-0.1, -0.05) is 74.7 Å².